The highest BCUT2D eigenvalue weighted by molar-refractivity contribution is 5.99. The van der Waals surface area contributed by atoms with Crippen molar-refractivity contribution in [2.24, 2.45) is 0 Å². The fraction of sp³-hybridized carbons (Fsp3) is 0.0476. The fourth-order valence-corrected chi connectivity index (χ4v) is 12.6. The largest absolute Gasteiger partial charge is 0.310 e. The van der Waals surface area contributed by atoms with E-state index in [-0.39, 0.29) is 0 Å². The predicted octanol–water partition coefficient (Wildman–Crippen LogP) is 15.8. The van der Waals surface area contributed by atoms with Crippen molar-refractivity contribution in [2.45, 2.75) is 17.8 Å². The van der Waals surface area contributed by atoms with Crippen molar-refractivity contribution in [1.29, 1.82) is 0 Å². The second-order valence-corrected chi connectivity index (χ2v) is 17.9. The van der Waals surface area contributed by atoms with E-state index in [0.717, 1.165) is 17.1 Å². The summed E-state index contributed by atoms with van der Waals surface area (Å²) in [5, 5.41) is 0. The first-order chi connectivity index (χ1) is 31.7. The van der Waals surface area contributed by atoms with Gasteiger partial charge in [-0.2, -0.15) is 0 Å². The van der Waals surface area contributed by atoms with Crippen LogP contribution in [0.15, 0.2) is 231 Å². The summed E-state index contributed by atoms with van der Waals surface area (Å²) in [7, 11) is 0. The molecule has 64 heavy (non-hydrogen) atoms. The van der Waals surface area contributed by atoms with E-state index in [1.165, 1.54) is 106 Å². The molecule has 0 unspecified atom stereocenters. The molecule has 0 saturated heterocycles. The molecule has 0 saturated carbocycles. The zero-order valence-corrected chi connectivity index (χ0v) is 35.4. The van der Waals surface area contributed by atoms with Crippen LogP contribution in [0, 0.1) is 6.92 Å². The van der Waals surface area contributed by atoms with Crippen molar-refractivity contribution < 1.29 is 0 Å². The Kier molecular flexibility index (Phi) is 7.24. The molecule has 10 aromatic rings. The molecular formula is C63H41N. The Hall–Kier alpha value is -8.00. The average Bonchev–Trinajstić information content (AvgIpc) is 4.04. The minimum absolute atomic E-state index is 0.450. The van der Waals surface area contributed by atoms with Gasteiger partial charge in [0.2, 0.25) is 0 Å². The lowest BCUT2D eigenvalue weighted by Crippen LogP contribution is -2.26. The first kappa shape index (κ1) is 35.6. The summed E-state index contributed by atoms with van der Waals surface area (Å²) in [6, 6.07) is 86.9. The van der Waals surface area contributed by atoms with Gasteiger partial charge >= 0.3 is 0 Å². The number of rotatable bonds is 4. The topological polar surface area (TPSA) is 3.24 Å². The van der Waals surface area contributed by atoms with Gasteiger partial charge in [0.05, 0.1) is 10.8 Å². The molecule has 0 aliphatic heterocycles. The molecule has 4 aliphatic carbocycles. The van der Waals surface area contributed by atoms with Gasteiger partial charge in [0.25, 0.3) is 0 Å². The van der Waals surface area contributed by atoms with E-state index in [1.807, 2.05) is 0 Å². The monoisotopic (exact) mass is 811 g/mol. The molecule has 2 spiro atoms. The zero-order chi connectivity index (χ0) is 42.1. The quantitative estimate of drug-likeness (QED) is 0.171. The van der Waals surface area contributed by atoms with Crippen molar-refractivity contribution in [1.82, 2.24) is 0 Å². The predicted molar refractivity (Wildman–Crippen MR) is 264 cm³/mol. The molecule has 1 nitrogen and oxygen atoms in total. The smallest absolute Gasteiger partial charge is 0.0726 e. The Labute approximate surface area is 374 Å². The van der Waals surface area contributed by atoms with Crippen molar-refractivity contribution in [3.05, 3.63) is 281 Å². The number of benzene rings is 10. The molecule has 0 aromatic heterocycles. The van der Waals surface area contributed by atoms with E-state index in [4.69, 9.17) is 0 Å². The van der Waals surface area contributed by atoms with Gasteiger partial charge in [-0.15, -0.1) is 0 Å². The van der Waals surface area contributed by atoms with Crippen molar-refractivity contribution in [3.8, 4) is 55.6 Å². The van der Waals surface area contributed by atoms with E-state index in [2.05, 4.69) is 242 Å². The number of anilines is 3. The number of nitrogens with zero attached hydrogens (tertiary/aromatic N) is 1. The Bertz CT molecular complexity index is 3270. The van der Waals surface area contributed by atoms with Crippen LogP contribution in [0.3, 0.4) is 0 Å². The fourth-order valence-electron chi connectivity index (χ4n) is 12.6. The maximum atomic E-state index is 2.54. The van der Waals surface area contributed by atoms with Crippen LogP contribution in [0.5, 0.6) is 0 Å². The average molecular weight is 812 g/mol. The van der Waals surface area contributed by atoms with E-state index in [0.29, 0.717) is 0 Å². The highest BCUT2D eigenvalue weighted by Crippen LogP contribution is 2.65. The van der Waals surface area contributed by atoms with Gasteiger partial charge in [-0.25, -0.2) is 0 Å². The minimum Gasteiger partial charge on any atom is -0.310 e. The number of hydrogen-bond donors (Lipinski definition) is 0. The summed E-state index contributed by atoms with van der Waals surface area (Å²) in [6.07, 6.45) is 0. The van der Waals surface area contributed by atoms with Crippen LogP contribution in [0.4, 0.5) is 17.1 Å². The summed E-state index contributed by atoms with van der Waals surface area (Å²) in [6.45, 7) is 2.27. The third-order valence-corrected chi connectivity index (χ3v) is 15.0. The van der Waals surface area contributed by atoms with Crippen molar-refractivity contribution >= 4 is 17.1 Å². The van der Waals surface area contributed by atoms with Crippen molar-refractivity contribution in [3.63, 3.8) is 0 Å². The molecule has 0 heterocycles. The molecule has 0 N–H and O–H groups in total. The summed E-state index contributed by atoms with van der Waals surface area (Å²) in [4.78, 5) is 2.54. The second-order valence-electron chi connectivity index (χ2n) is 17.9. The maximum Gasteiger partial charge on any atom is 0.0726 e. The van der Waals surface area contributed by atoms with E-state index in [9.17, 15) is 0 Å². The third kappa shape index (κ3) is 4.43. The van der Waals surface area contributed by atoms with Crippen LogP contribution in [-0.2, 0) is 10.8 Å². The molecule has 14 rings (SSSR count). The zero-order valence-electron chi connectivity index (χ0n) is 35.4. The number of fused-ring (bicyclic) bond motifs is 20. The van der Waals surface area contributed by atoms with E-state index in [1.54, 1.807) is 0 Å². The highest BCUT2D eigenvalue weighted by Gasteiger charge is 2.53. The second kappa shape index (κ2) is 13.0. The summed E-state index contributed by atoms with van der Waals surface area (Å²) >= 11 is 0. The van der Waals surface area contributed by atoms with Gasteiger partial charge in [0.15, 0.2) is 0 Å². The van der Waals surface area contributed by atoms with Gasteiger partial charge in [0.1, 0.15) is 0 Å². The van der Waals surface area contributed by atoms with E-state index >= 15 is 0 Å². The van der Waals surface area contributed by atoms with Gasteiger partial charge in [0, 0.05) is 17.1 Å². The van der Waals surface area contributed by atoms with Crippen LogP contribution < -0.4 is 4.90 Å². The lowest BCUT2D eigenvalue weighted by molar-refractivity contribution is 0.792. The molecule has 10 aromatic carbocycles. The molecule has 0 bridgehead atoms. The third-order valence-electron chi connectivity index (χ3n) is 15.0. The van der Waals surface area contributed by atoms with E-state index < -0.39 is 10.8 Å². The molecule has 0 fully saturated rings. The lowest BCUT2D eigenvalue weighted by atomic mass is 9.70. The first-order valence-corrected chi connectivity index (χ1v) is 22.5. The Balaban J connectivity index is 1.05. The summed E-state index contributed by atoms with van der Waals surface area (Å²) in [5.41, 5.74) is 27.4. The molecule has 0 radical (unpaired) electrons. The number of hydrogen-bond acceptors (Lipinski definition) is 1. The lowest BCUT2D eigenvalue weighted by Gasteiger charge is -2.34. The van der Waals surface area contributed by atoms with Crippen LogP contribution in [0.1, 0.15) is 50.1 Å². The molecule has 298 valence electrons. The van der Waals surface area contributed by atoms with Gasteiger partial charge in [-0.05, 0) is 149 Å². The first-order valence-electron chi connectivity index (χ1n) is 22.5. The summed E-state index contributed by atoms with van der Waals surface area (Å²) < 4.78 is 0. The summed E-state index contributed by atoms with van der Waals surface area (Å²) in [5.74, 6) is 0. The van der Waals surface area contributed by atoms with Gasteiger partial charge < -0.3 is 4.90 Å². The Morgan fingerprint density at radius 3 is 0.953 bits per heavy atom. The Morgan fingerprint density at radius 1 is 0.266 bits per heavy atom. The van der Waals surface area contributed by atoms with Crippen LogP contribution >= 0.6 is 0 Å². The van der Waals surface area contributed by atoms with Gasteiger partial charge in [-0.1, -0.05) is 194 Å². The van der Waals surface area contributed by atoms with Crippen LogP contribution in [-0.4, -0.2) is 0 Å². The highest BCUT2D eigenvalue weighted by atomic mass is 15.1. The molecule has 0 amide bonds. The molecule has 4 aliphatic rings. The molecular weight excluding hydrogens is 771 g/mol. The maximum absolute atomic E-state index is 2.54. The van der Waals surface area contributed by atoms with Crippen molar-refractivity contribution in [2.75, 3.05) is 4.90 Å². The van der Waals surface area contributed by atoms with Gasteiger partial charge in [-0.3, -0.25) is 0 Å². The van der Waals surface area contributed by atoms with Crippen LogP contribution in [0.25, 0.3) is 55.6 Å². The normalized spacial score (nSPS) is 14.3. The SMILES string of the molecule is Cc1cc(-c2ccccc2)ccc1N(c1ccc2c(c1)C1(c3ccccc3-c3ccccc31)c1ccccc1-2)c1ccc2c(c1)C1(c3ccccc3-c3ccccc31)c1ccccc1-2. The van der Waals surface area contributed by atoms with Crippen LogP contribution in [0.2, 0.25) is 0 Å². The standard InChI is InChI=1S/C63H41N/c1-40-37-42(41-17-3-2-4-18-41)31-36-61(40)64(43-32-34-51-49-23-9-15-29-57(49)62(59(51)38-43)53-25-11-5-19-45(53)46-20-6-12-26-54(46)62)44-33-35-52-50-24-10-16-30-58(50)63(60(52)39-44)55-27-13-7-21-47(55)48-22-8-14-28-56(48)63/h2-39H,1H3. The number of aryl methyl sites for hydroxylation is 1. The molecule has 0 atom stereocenters. The molecule has 1 heteroatoms. The minimum atomic E-state index is -0.450. The Morgan fingerprint density at radius 2 is 0.594 bits per heavy atom.